The number of aryl methyl sites for hydroxylation is 1. The lowest BCUT2D eigenvalue weighted by molar-refractivity contribution is -0.136. The van der Waals surface area contributed by atoms with Crippen LogP contribution in [-0.4, -0.2) is 25.3 Å². The summed E-state index contributed by atoms with van der Waals surface area (Å²) >= 11 is 0. The molecule has 0 unspecified atom stereocenters. The number of fused-ring (bicyclic) bond motifs is 1. The van der Waals surface area contributed by atoms with Gasteiger partial charge in [-0.15, -0.1) is 0 Å². The molecular weight excluding hydrogens is 270 g/mol. The lowest BCUT2D eigenvalue weighted by Crippen LogP contribution is -2.23. The molecule has 0 atom stereocenters. The standard InChI is InChI=1S/C15H21N3O3/c1-5-6-17-10(8-14(20)21)7-13(19)18-12(17)9-11(16-18)15(2,3)4/h7,9H,5-6,8H2,1-4H3,(H,20,21). The molecule has 1 N–H and O–H groups in total. The minimum atomic E-state index is -0.945. The van der Waals surface area contributed by atoms with E-state index in [0.29, 0.717) is 17.9 Å². The van der Waals surface area contributed by atoms with E-state index in [1.165, 1.54) is 10.6 Å². The summed E-state index contributed by atoms with van der Waals surface area (Å²) in [5, 5.41) is 13.4. The molecule has 0 radical (unpaired) electrons. The predicted octanol–water partition coefficient (Wildman–Crippen LogP) is 1.83. The summed E-state index contributed by atoms with van der Waals surface area (Å²) in [6.07, 6.45) is 0.683. The van der Waals surface area contributed by atoms with Crippen molar-refractivity contribution in [1.82, 2.24) is 14.2 Å². The van der Waals surface area contributed by atoms with Gasteiger partial charge in [0.05, 0.1) is 12.1 Å². The Bertz CT molecular complexity index is 735. The number of rotatable bonds is 4. The quantitative estimate of drug-likeness (QED) is 0.932. The molecule has 21 heavy (non-hydrogen) atoms. The van der Waals surface area contributed by atoms with Gasteiger partial charge < -0.3 is 9.67 Å². The number of aromatic nitrogens is 3. The second-order valence-corrected chi connectivity index (χ2v) is 6.25. The van der Waals surface area contributed by atoms with Gasteiger partial charge in [0, 0.05) is 29.8 Å². The molecule has 2 aromatic heterocycles. The Morgan fingerprint density at radius 1 is 1.33 bits per heavy atom. The zero-order valence-electron chi connectivity index (χ0n) is 12.9. The Hall–Kier alpha value is -2.11. The summed E-state index contributed by atoms with van der Waals surface area (Å²) in [6.45, 7) is 8.76. The van der Waals surface area contributed by atoms with Crippen LogP contribution in [0.2, 0.25) is 0 Å². The minimum Gasteiger partial charge on any atom is -0.481 e. The fraction of sp³-hybridized carbons (Fsp3) is 0.533. The summed E-state index contributed by atoms with van der Waals surface area (Å²) in [5.41, 5.74) is 1.53. The van der Waals surface area contributed by atoms with Crippen LogP contribution in [0.25, 0.3) is 5.65 Å². The zero-order valence-corrected chi connectivity index (χ0v) is 12.9. The Labute approximate surface area is 123 Å². The van der Waals surface area contributed by atoms with Gasteiger partial charge in [-0.25, -0.2) is 0 Å². The average molecular weight is 291 g/mol. The molecule has 0 spiro atoms. The highest BCUT2D eigenvalue weighted by atomic mass is 16.4. The van der Waals surface area contributed by atoms with Gasteiger partial charge in [0.25, 0.3) is 5.56 Å². The molecular formula is C15H21N3O3. The highest BCUT2D eigenvalue weighted by molar-refractivity contribution is 5.70. The fourth-order valence-electron chi connectivity index (χ4n) is 2.30. The van der Waals surface area contributed by atoms with Crippen LogP contribution >= 0.6 is 0 Å². The van der Waals surface area contributed by atoms with Crippen LogP contribution in [-0.2, 0) is 23.2 Å². The van der Waals surface area contributed by atoms with Gasteiger partial charge in [-0.3, -0.25) is 9.59 Å². The first-order valence-electron chi connectivity index (χ1n) is 7.09. The van der Waals surface area contributed by atoms with E-state index in [2.05, 4.69) is 5.10 Å². The van der Waals surface area contributed by atoms with Crippen molar-refractivity contribution < 1.29 is 9.90 Å². The molecule has 6 heteroatoms. The maximum atomic E-state index is 12.2. The monoisotopic (exact) mass is 291 g/mol. The maximum Gasteiger partial charge on any atom is 0.309 e. The molecule has 0 fully saturated rings. The predicted molar refractivity (Wildman–Crippen MR) is 79.8 cm³/mol. The highest BCUT2D eigenvalue weighted by Crippen LogP contribution is 2.22. The van der Waals surface area contributed by atoms with Gasteiger partial charge in [-0.05, 0) is 6.42 Å². The molecule has 0 aliphatic carbocycles. The van der Waals surface area contributed by atoms with Gasteiger partial charge >= 0.3 is 5.97 Å². The maximum absolute atomic E-state index is 12.2. The molecule has 0 saturated heterocycles. The smallest absolute Gasteiger partial charge is 0.309 e. The summed E-state index contributed by atoms with van der Waals surface area (Å²) in [7, 11) is 0. The first-order chi connectivity index (χ1) is 9.74. The first kappa shape index (κ1) is 15.3. The third kappa shape index (κ3) is 2.99. The highest BCUT2D eigenvalue weighted by Gasteiger charge is 2.21. The van der Waals surface area contributed by atoms with E-state index in [4.69, 9.17) is 5.11 Å². The third-order valence-corrected chi connectivity index (χ3v) is 3.36. The van der Waals surface area contributed by atoms with E-state index >= 15 is 0 Å². The van der Waals surface area contributed by atoms with Crippen molar-refractivity contribution in [2.24, 2.45) is 0 Å². The number of hydrogen-bond acceptors (Lipinski definition) is 3. The van der Waals surface area contributed by atoms with E-state index in [1.807, 2.05) is 38.3 Å². The second-order valence-electron chi connectivity index (χ2n) is 6.25. The number of aliphatic carboxylic acids is 1. The Morgan fingerprint density at radius 2 is 2.00 bits per heavy atom. The largest absolute Gasteiger partial charge is 0.481 e. The molecule has 2 rings (SSSR count). The fourth-order valence-corrected chi connectivity index (χ4v) is 2.30. The molecule has 0 aliphatic heterocycles. The van der Waals surface area contributed by atoms with Crippen molar-refractivity contribution in [3.05, 3.63) is 33.9 Å². The van der Waals surface area contributed by atoms with Crippen molar-refractivity contribution in [2.75, 3.05) is 0 Å². The molecule has 2 heterocycles. The Kier molecular flexibility index (Phi) is 3.89. The summed E-state index contributed by atoms with van der Waals surface area (Å²) in [6, 6.07) is 3.25. The molecule has 2 aromatic rings. The Balaban J connectivity index is 2.75. The number of carboxylic acids is 1. The van der Waals surface area contributed by atoms with Crippen molar-refractivity contribution >= 4 is 11.6 Å². The van der Waals surface area contributed by atoms with E-state index in [9.17, 15) is 9.59 Å². The van der Waals surface area contributed by atoms with E-state index in [-0.39, 0.29) is 17.4 Å². The van der Waals surface area contributed by atoms with Gasteiger partial charge in [0.1, 0.15) is 5.65 Å². The van der Waals surface area contributed by atoms with Gasteiger partial charge in [-0.1, -0.05) is 27.7 Å². The molecule has 6 nitrogen and oxygen atoms in total. The molecule has 114 valence electrons. The van der Waals surface area contributed by atoms with E-state index in [1.54, 1.807) is 0 Å². The lowest BCUT2D eigenvalue weighted by Gasteiger charge is -2.13. The van der Waals surface area contributed by atoms with Crippen molar-refractivity contribution in [2.45, 2.75) is 52.5 Å². The van der Waals surface area contributed by atoms with Crippen LogP contribution in [0.1, 0.15) is 45.5 Å². The van der Waals surface area contributed by atoms with Crippen LogP contribution in [0, 0.1) is 0 Å². The summed E-state index contributed by atoms with van der Waals surface area (Å²) < 4.78 is 3.24. The molecule has 0 aromatic carbocycles. The number of hydrogen-bond donors (Lipinski definition) is 1. The summed E-state index contributed by atoms with van der Waals surface area (Å²) in [5.74, 6) is -0.945. The van der Waals surface area contributed by atoms with Gasteiger partial charge in [0.2, 0.25) is 0 Å². The van der Waals surface area contributed by atoms with E-state index in [0.717, 1.165) is 12.1 Å². The van der Waals surface area contributed by atoms with Crippen molar-refractivity contribution in [3.63, 3.8) is 0 Å². The number of carbonyl (C=O) groups is 1. The van der Waals surface area contributed by atoms with Crippen molar-refractivity contribution in [1.29, 1.82) is 0 Å². The zero-order chi connectivity index (χ0) is 15.8. The lowest BCUT2D eigenvalue weighted by atomic mass is 9.93. The van der Waals surface area contributed by atoms with Crippen molar-refractivity contribution in [3.8, 4) is 0 Å². The van der Waals surface area contributed by atoms with Gasteiger partial charge in [0.15, 0.2) is 0 Å². The van der Waals surface area contributed by atoms with Crippen LogP contribution in [0.15, 0.2) is 16.9 Å². The Morgan fingerprint density at radius 3 is 2.52 bits per heavy atom. The SMILES string of the molecule is CCCn1c(CC(=O)O)cc(=O)n2nc(C(C)(C)C)cc12. The number of carboxylic acid groups (broad SMARTS) is 1. The molecule has 0 aliphatic rings. The summed E-state index contributed by atoms with van der Waals surface area (Å²) in [4.78, 5) is 23.2. The van der Waals surface area contributed by atoms with Crippen LogP contribution < -0.4 is 5.56 Å². The van der Waals surface area contributed by atoms with E-state index < -0.39 is 5.97 Å². The number of nitrogens with zero attached hydrogens (tertiary/aromatic N) is 3. The van der Waals surface area contributed by atoms with Crippen LogP contribution in [0.5, 0.6) is 0 Å². The molecule has 0 saturated carbocycles. The van der Waals surface area contributed by atoms with Crippen LogP contribution in [0.4, 0.5) is 0 Å². The first-order valence-corrected chi connectivity index (χ1v) is 7.09. The minimum absolute atomic E-state index is 0.165. The third-order valence-electron chi connectivity index (χ3n) is 3.36. The molecule has 0 amide bonds. The average Bonchev–Trinajstić information content (AvgIpc) is 2.78. The normalized spacial score (nSPS) is 12.0. The molecule has 0 bridgehead atoms. The van der Waals surface area contributed by atoms with Gasteiger partial charge in [-0.2, -0.15) is 9.61 Å². The second kappa shape index (κ2) is 5.35. The topological polar surface area (TPSA) is 76.6 Å². The van der Waals surface area contributed by atoms with Crippen LogP contribution in [0.3, 0.4) is 0 Å².